The van der Waals surface area contributed by atoms with Gasteiger partial charge in [-0.3, -0.25) is 4.99 Å². The molecule has 0 aromatic heterocycles. The Labute approximate surface area is 91.0 Å². The van der Waals surface area contributed by atoms with Crippen LogP contribution in [0.1, 0.15) is 18.9 Å². The molecule has 0 aliphatic rings. The largest absolute Gasteiger partial charge is 0.392 e. The van der Waals surface area contributed by atoms with Crippen molar-refractivity contribution in [3.63, 3.8) is 0 Å². The molecule has 0 radical (unpaired) electrons. The predicted octanol–water partition coefficient (Wildman–Crippen LogP) is 3.09. The Kier molecular flexibility index (Phi) is 4.78. The Hall–Kier alpha value is -1.41. The van der Waals surface area contributed by atoms with E-state index in [4.69, 9.17) is 5.11 Å². The summed E-state index contributed by atoms with van der Waals surface area (Å²) in [5.74, 6) is 0.384. The van der Waals surface area contributed by atoms with Crippen molar-refractivity contribution in [2.24, 2.45) is 10.9 Å². The number of aliphatic hydroxyl groups excluding tert-OH is 1. The van der Waals surface area contributed by atoms with Crippen LogP contribution in [0.25, 0.3) is 0 Å². The van der Waals surface area contributed by atoms with Crippen molar-refractivity contribution in [3.05, 3.63) is 42.5 Å². The second-order valence-corrected chi connectivity index (χ2v) is 3.57. The Morgan fingerprint density at radius 1 is 1.47 bits per heavy atom. The maximum atomic E-state index is 9.10. The lowest BCUT2D eigenvalue weighted by Crippen LogP contribution is -1.93. The van der Waals surface area contributed by atoms with Gasteiger partial charge >= 0.3 is 0 Å². The second kappa shape index (κ2) is 6.14. The number of allylic oxidation sites excluding steroid dienone is 1. The van der Waals surface area contributed by atoms with Crippen molar-refractivity contribution < 1.29 is 5.11 Å². The molecular weight excluding hydrogens is 186 g/mol. The van der Waals surface area contributed by atoms with Gasteiger partial charge in [-0.05, 0) is 18.4 Å². The molecular formula is C13H17NO. The first-order valence-corrected chi connectivity index (χ1v) is 5.11. The van der Waals surface area contributed by atoms with Gasteiger partial charge in [-0.25, -0.2) is 0 Å². The molecule has 2 heteroatoms. The SMILES string of the molecule is C=CCC(C)C=Nc1ccccc1CO. The van der Waals surface area contributed by atoms with E-state index in [-0.39, 0.29) is 6.61 Å². The van der Waals surface area contributed by atoms with E-state index in [1.54, 1.807) is 0 Å². The van der Waals surface area contributed by atoms with Crippen molar-refractivity contribution >= 4 is 11.9 Å². The molecule has 2 nitrogen and oxygen atoms in total. The summed E-state index contributed by atoms with van der Waals surface area (Å²) in [5.41, 5.74) is 1.70. The molecule has 0 spiro atoms. The molecule has 0 heterocycles. The molecule has 1 atom stereocenters. The summed E-state index contributed by atoms with van der Waals surface area (Å²) in [6.45, 7) is 5.81. The Morgan fingerprint density at radius 3 is 2.87 bits per heavy atom. The van der Waals surface area contributed by atoms with Crippen LogP contribution in [0.5, 0.6) is 0 Å². The number of nitrogens with zero attached hydrogens (tertiary/aromatic N) is 1. The summed E-state index contributed by atoms with van der Waals surface area (Å²) in [6, 6.07) is 7.61. The van der Waals surface area contributed by atoms with Crippen LogP contribution in [0.3, 0.4) is 0 Å². The van der Waals surface area contributed by atoms with E-state index in [1.165, 1.54) is 0 Å². The van der Waals surface area contributed by atoms with Gasteiger partial charge in [-0.2, -0.15) is 0 Å². The molecule has 0 bridgehead atoms. The number of para-hydroxylation sites is 1. The van der Waals surface area contributed by atoms with Gasteiger partial charge in [-0.15, -0.1) is 6.58 Å². The molecule has 1 aromatic rings. The van der Waals surface area contributed by atoms with Gasteiger partial charge in [0.2, 0.25) is 0 Å². The summed E-state index contributed by atoms with van der Waals surface area (Å²) < 4.78 is 0. The maximum absolute atomic E-state index is 9.10. The second-order valence-electron chi connectivity index (χ2n) is 3.57. The van der Waals surface area contributed by atoms with Crippen LogP contribution >= 0.6 is 0 Å². The number of rotatable bonds is 5. The Bertz CT molecular complexity index is 344. The molecule has 0 saturated carbocycles. The summed E-state index contributed by atoms with van der Waals surface area (Å²) in [7, 11) is 0. The van der Waals surface area contributed by atoms with Crippen LogP contribution in [0, 0.1) is 5.92 Å². The molecule has 1 unspecified atom stereocenters. The first-order valence-electron chi connectivity index (χ1n) is 5.11. The fraction of sp³-hybridized carbons (Fsp3) is 0.308. The normalized spacial score (nSPS) is 12.9. The van der Waals surface area contributed by atoms with E-state index in [0.29, 0.717) is 5.92 Å². The first kappa shape index (κ1) is 11.7. The number of aliphatic hydroxyl groups is 1. The van der Waals surface area contributed by atoms with Gasteiger partial charge in [0, 0.05) is 11.8 Å². The summed E-state index contributed by atoms with van der Waals surface area (Å²) >= 11 is 0. The van der Waals surface area contributed by atoms with Crippen LogP contribution in [0.4, 0.5) is 5.69 Å². The zero-order valence-electron chi connectivity index (χ0n) is 9.06. The average Bonchev–Trinajstić information content (AvgIpc) is 2.27. The van der Waals surface area contributed by atoms with Crippen LogP contribution < -0.4 is 0 Å². The number of benzene rings is 1. The third kappa shape index (κ3) is 3.68. The molecule has 15 heavy (non-hydrogen) atoms. The minimum absolute atomic E-state index is 0.0311. The highest BCUT2D eigenvalue weighted by Gasteiger charge is 1.98. The van der Waals surface area contributed by atoms with Gasteiger partial charge in [0.25, 0.3) is 0 Å². The molecule has 1 aromatic carbocycles. The zero-order valence-corrected chi connectivity index (χ0v) is 9.06. The average molecular weight is 203 g/mol. The maximum Gasteiger partial charge on any atom is 0.0702 e. The fourth-order valence-corrected chi connectivity index (χ4v) is 1.30. The van der Waals surface area contributed by atoms with E-state index in [1.807, 2.05) is 36.6 Å². The number of aliphatic imine (C=N–C) groups is 1. The van der Waals surface area contributed by atoms with Crippen molar-refractivity contribution in [1.29, 1.82) is 0 Å². The molecule has 0 saturated heterocycles. The molecule has 1 rings (SSSR count). The van der Waals surface area contributed by atoms with Gasteiger partial charge in [-0.1, -0.05) is 31.2 Å². The van der Waals surface area contributed by atoms with Crippen LogP contribution in [-0.4, -0.2) is 11.3 Å². The van der Waals surface area contributed by atoms with Gasteiger partial charge in [0.1, 0.15) is 0 Å². The highest BCUT2D eigenvalue weighted by atomic mass is 16.3. The standard InChI is InChI=1S/C13H17NO/c1-3-6-11(2)9-14-13-8-5-4-7-12(13)10-15/h3-5,7-9,11,15H,1,6,10H2,2H3. The van der Waals surface area contributed by atoms with E-state index in [9.17, 15) is 0 Å². The van der Waals surface area contributed by atoms with E-state index >= 15 is 0 Å². The molecule has 0 aliphatic carbocycles. The Morgan fingerprint density at radius 2 is 2.20 bits per heavy atom. The summed E-state index contributed by atoms with van der Waals surface area (Å²) in [5, 5.41) is 9.10. The molecule has 0 amide bonds. The van der Waals surface area contributed by atoms with Crippen LogP contribution in [0.15, 0.2) is 41.9 Å². The van der Waals surface area contributed by atoms with Crippen LogP contribution in [-0.2, 0) is 6.61 Å². The van der Waals surface area contributed by atoms with Crippen molar-refractivity contribution in [2.75, 3.05) is 0 Å². The quantitative estimate of drug-likeness (QED) is 0.579. The molecule has 1 N–H and O–H groups in total. The summed E-state index contributed by atoms with van der Waals surface area (Å²) in [6.07, 6.45) is 4.70. The third-order valence-electron chi connectivity index (χ3n) is 2.17. The molecule has 0 aliphatic heterocycles. The lowest BCUT2D eigenvalue weighted by atomic mass is 10.1. The summed E-state index contributed by atoms with van der Waals surface area (Å²) in [4.78, 5) is 4.36. The third-order valence-corrected chi connectivity index (χ3v) is 2.17. The number of hydrogen-bond acceptors (Lipinski definition) is 2. The van der Waals surface area contributed by atoms with E-state index in [2.05, 4.69) is 18.5 Å². The van der Waals surface area contributed by atoms with Gasteiger partial charge in [0.15, 0.2) is 0 Å². The van der Waals surface area contributed by atoms with Gasteiger partial charge in [0.05, 0.1) is 12.3 Å². The fourth-order valence-electron chi connectivity index (χ4n) is 1.30. The monoisotopic (exact) mass is 203 g/mol. The van der Waals surface area contributed by atoms with Crippen molar-refractivity contribution in [3.8, 4) is 0 Å². The predicted molar refractivity (Wildman–Crippen MR) is 64.5 cm³/mol. The van der Waals surface area contributed by atoms with Crippen LogP contribution in [0.2, 0.25) is 0 Å². The molecule has 0 fully saturated rings. The minimum atomic E-state index is 0.0311. The lowest BCUT2D eigenvalue weighted by molar-refractivity contribution is 0.282. The minimum Gasteiger partial charge on any atom is -0.392 e. The smallest absolute Gasteiger partial charge is 0.0702 e. The molecule has 80 valence electrons. The Balaban J connectivity index is 2.74. The number of hydrogen-bond donors (Lipinski definition) is 1. The lowest BCUT2D eigenvalue weighted by Gasteiger charge is -2.03. The van der Waals surface area contributed by atoms with E-state index < -0.39 is 0 Å². The first-order chi connectivity index (χ1) is 7.27. The highest BCUT2D eigenvalue weighted by molar-refractivity contribution is 5.66. The van der Waals surface area contributed by atoms with Crippen molar-refractivity contribution in [2.45, 2.75) is 20.0 Å². The topological polar surface area (TPSA) is 32.6 Å². The van der Waals surface area contributed by atoms with E-state index in [0.717, 1.165) is 17.7 Å². The van der Waals surface area contributed by atoms with Gasteiger partial charge < -0.3 is 5.11 Å². The van der Waals surface area contributed by atoms with Crippen molar-refractivity contribution in [1.82, 2.24) is 0 Å². The zero-order chi connectivity index (χ0) is 11.1. The highest BCUT2D eigenvalue weighted by Crippen LogP contribution is 2.18.